The zero-order chi connectivity index (χ0) is 28.8. The fourth-order valence-electron chi connectivity index (χ4n) is 6.69. The van der Waals surface area contributed by atoms with Crippen LogP contribution in [-0.2, 0) is 29.5 Å². The number of aromatic nitrogens is 1. The second kappa shape index (κ2) is 10.2. The van der Waals surface area contributed by atoms with Crippen molar-refractivity contribution in [2.75, 3.05) is 13.6 Å². The molecule has 1 saturated heterocycles. The summed E-state index contributed by atoms with van der Waals surface area (Å²) in [4.78, 5) is 43.7. The lowest BCUT2D eigenvalue weighted by atomic mass is 9.53. The van der Waals surface area contributed by atoms with Crippen molar-refractivity contribution < 1.29 is 19.8 Å². The fraction of sp³-hybridized carbons (Fsp3) is 0.387. The summed E-state index contributed by atoms with van der Waals surface area (Å²) in [5.74, 6) is -1.29. The molecule has 1 aromatic heterocycles. The Hall–Kier alpha value is -3.95. The molecule has 3 aromatic rings. The Balaban J connectivity index is 1.53. The smallest absolute Gasteiger partial charge is 0.261 e. The van der Waals surface area contributed by atoms with E-state index in [2.05, 4.69) is 15.2 Å². The molecule has 6 N–H and O–H groups in total. The molecule has 0 bridgehead atoms. The summed E-state index contributed by atoms with van der Waals surface area (Å²) < 4.78 is 0. The van der Waals surface area contributed by atoms with Crippen molar-refractivity contribution in [3.8, 4) is 5.75 Å². The molecule has 1 aliphatic carbocycles. The molecule has 210 valence electrons. The number of aliphatic hydroxyl groups is 1. The third kappa shape index (κ3) is 4.59. The van der Waals surface area contributed by atoms with E-state index >= 15 is 0 Å². The lowest BCUT2D eigenvalue weighted by Gasteiger charge is -2.59. The van der Waals surface area contributed by atoms with E-state index in [0.717, 1.165) is 23.2 Å². The van der Waals surface area contributed by atoms with Crippen molar-refractivity contribution in [1.82, 2.24) is 15.2 Å². The van der Waals surface area contributed by atoms with Crippen LogP contribution in [0.2, 0.25) is 0 Å². The lowest BCUT2D eigenvalue weighted by molar-refractivity contribution is -0.132. The van der Waals surface area contributed by atoms with Crippen LogP contribution in [-0.4, -0.2) is 63.2 Å². The van der Waals surface area contributed by atoms with E-state index in [9.17, 15) is 24.6 Å². The molecule has 0 radical (unpaired) electrons. The van der Waals surface area contributed by atoms with Gasteiger partial charge in [0.25, 0.3) is 11.5 Å². The number of aryl methyl sites for hydroxylation is 1. The van der Waals surface area contributed by atoms with Gasteiger partial charge in [-0.1, -0.05) is 36.4 Å². The molecule has 9 nitrogen and oxygen atoms in total. The number of likely N-dealkylation sites (tertiary alicyclic amines) is 1. The number of likely N-dealkylation sites (N-methyl/N-ethyl adjacent to an activating group) is 1. The van der Waals surface area contributed by atoms with Crippen LogP contribution in [0.1, 0.15) is 51.7 Å². The molecule has 0 saturated carbocycles. The molecule has 2 heterocycles. The van der Waals surface area contributed by atoms with Crippen LogP contribution in [0.5, 0.6) is 5.75 Å². The van der Waals surface area contributed by atoms with E-state index in [1.165, 1.54) is 6.07 Å². The van der Waals surface area contributed by atoms with Crippen molar-refractivity contribution in [1.29, 1.82) is 0 Å². The van der Waals surface area contributed by atoms with Crippen molar-refractivity contribution in [2.24, 2.45) is 5.73 Å². The first-order chi connectivity index (χ1) is 18.9. The SMILES string of the molecule is Cc1ccc(O)cc1C12CCN(C)C(C)C1(O)Cc1cc(C(=O)NC(Cc3ccccc3)C(N)=O)c(=O)[nH]c1C2. The molecule has 2 aliphatic rings. The van der Waals surface area contributed by atoms with Crippen LogP contribution < -0.4 is 16.6 Å². The Kier molecular flexibility index (Phi) is 7.06. The van der Waals surface area contributed by atoms with E-state index in [0.29, 0.717) is 24.1 Å². The molecule has 2 aromatic carbocycles. The van der Waals surface area contributed by atoms with Crippen molar-refractivity contribution >= 4 is 11.8 Å². The number of primary amides is 1. The summed E-state index contributed by atoms with van der Waals surface area (Å²) >= 11 is 0. The van der Waals surface area contributed by atoms with Crippen LogP contribution in [0, 0.1) is 6.92 Å². The number of hydrogen-bond acceptors (Lipinski definition) is 6. The third-order valence-electron chi connectivity index (χ3n) is 9.14. The van der Waals surface area contributed by atoms with Crippen LogP contribution >= 0.6 is 0 Å². The van der Waals surface area contributed by atoms with Crippen molar-refractivity contribution in [3.63, 3.8) is 0 Å². The molecule has 5 rings (SSSR count). The molecule has 0 spiro atoms. The molecule has 40 heavy (non-hydrogen) atoms. The van der Waals surface area contributed by atoms with E-state index in [4.69, 9.17) is 5.73 Å². The Bertz CT molecular complexity index is 1520. The minimum atomic E-state index is -1.25. The zero-order valence-corrected chi connectivity index (χ0v) is 23.0. The first-order valence-electron chi connectivity index (χ1n) is 13.6. The maximum atomic E-state index is 13.3. The molecule has 4 unspecified atom stereocenters. The van der Waals surface area contributed by atoms with Gasteiger partial charge >= 0.3 is 0 Å². The second-order valence-electron chi connectivity index (χ2n) is 11.4. The molecular formula is C31H36N4O5. The number of hydrogen-bond donors (Lipinski definition) is 5. The van der Waals surface area contributed by atoms with Gasteiger partial charge in [0, 0.05) is 36.4 Å². The first kappa shape index (κ1) is 27.6. The van der Waals surface area contributed by atoms with Gasteiger partial charge in [-0.15, -0.1) is 0 Å². The number of phenolic OH excluding ortho intramolecular Hbond substituents is 1. The monoisotopic (exact) mass is 544 g/mol. The van der Waals surface area contributed by atoms with Crippen LogP contribution in [0.4, 0.5) is 0 Å². The van der Waals surface area contributed by atoms with Crippen molar-refractivity contribution in [2.45, 2.75) is 62.6 Å². The molecule has 1 fully saturated rings. The van der Waals surface area contributed by atoms with E-state index in [-0.39, 0.29) is 30.2 Å². The number of piperidine rings is 1. The van der Waals surface area contributed by atoms with Crippen molar-refractivity contribution in [3.05, 3.63) is 98.5 Å². The lowest BCUT2D eigenvalue weighted by Crippen LogP contribution is -2.70. The van der Waals surface area contributed by atoms with Gasteiger partial charge in [-0.05, 0) is 74.3 Å². The number of carbonyl (C=O) groups excluding carboxylic acids is 2. The highest BCUT2D eigenvalue weighted by Gasteiger charge is 2.60. The number of nitrogens with zero attached hydrogens (tertiary/aromatic N) is 1. The predicted molar refractivity (Wildman–Crippen MR) is 151 cm³/mol. The average molecular weight is 545 g/mol. The van der Waals surface area contributed by atoms with Gasteiger partial charge in [-0.3, -0.25) is 14.4 Å². The highest BCUT2D eigenvalue weighted by atomic mass is 16.3. The minimum absolute atomic E-state index is 0.120. The Morgan fingerprint density at radius 1 is 1.18 bits per heavy atom. The highest BCUT2D eigenvalue weighted by molar-refractivity contribution is 5.97. The topological polar surface area (TPSA) is 149 Å². The maximum absolute atomic E-state index is 13.3. The molecule has 9 heteroatoms. The number of aromatic amines is 1. The number of pyridine rings is 1. The number of amides is 2. The average Bonchev–Trinajstić information content (AvgIpc) is 2.92. The number of nitrogens with one attached hydrogen (secondary N) is 2. The largest absolute Gasteiger partial charge is 0.508 e. The fourth-order valence-corrected chi connectivity index (χ4v) is 6.69. The zero-order valence-electron chi connectivity index (χ0n) is 23.0. The van der Waals surface area contributed by atoms with Gasteiger partial charge in [0.05, 0.1) is 5.60 Å². The first-order valence-corrected chi connectivity index (χ1v) is 13.6. The maximum Gasteiger partial charge on any atom is 0.261 e. The number of phenols is 1. The van der Waals surface area contributed by atoms with Gasteiger partial charge in [-0.2, -0.15) is 0 Å². The van der Waals surface area contributed by atoms with Crippen LogP contribution in [0.3, 0.4) is 0 Å². The number of carbonyl (C=O) groups is 2. The summed E-state index contributed by atoms with van der Waals surface area (Å²) in [6.07, 6.45) is 1.36. The summed E-state index contributed by atoms with van der Waals surface area (Å²) in [7, 11) is 1.97. The number of rotatable bonds is 6. The van der Waals surface area contributed by atoms with Gasteiger partial charge in [0.15, 0.2) is 0 Å². The third-order valence-corrected chi connectivity index (χ3v) is 9.14. The Morgan fingerprint density at radius 2 is 1.90 bits per heavy atom. The highest BCUT2D eigenvalue weighted by Crippen LogP contribution is 2.53. The Labute approximate surface area is 233 Å². The van der Waals surface area contributed by atoms with E-state index in [1.54, 1.807) is 12.1 Å². The standard InChI is InChI=1S/C31H36N4O5/c1-18-9-10-22(36)15-24(18)30-11-12-35(3)19(2)31(30,40)16-21-14-23(29(39)34-26(21)17-30)28(38)33-25(27(32)37)13-20-7-5-4-6-8-20/h4-10,14-15,19,25,36,40H,11-13,16-17H2,1-3H3,(H2,32,37)(H,33,38)(H,34,39). The normalized spacial score (nSPS) is 24.9. The summed E-state index contributed by atoms with van der Waals surface area (Å²) in [5.41, 5.74) is 6.80. The van der Waals surface area contributed by atoms with Gasteiger partial charge in [0.2, 0.25) is 5.91 Å². The van der Waals surface area contributed by atoms with Gasteiger partial charge < -0.3 is 31.1 Å². The number of H-pyrrole nitrogens is 1. The molecule has 4 atom stereocenters. The van der Waals surface area contributed by atoms with E-state index < -0.39 is 34.4 Å². The molecule has 1 aliphatic heterocycles. The van der Waals surface area contributed by atoms with Gasteiger partial charge in [0.1, 0.15) is 17.4 Å². The number of fused-ring (bicyclic) bond motifs is 2. The van der Waals surface area contributed by atoms with E-state index in [1.807, 2.05) is 57.3 Å². The number of benzene rings is 2. The van der Waals surface area contributed by atoms with Crippen LogP contribution in [0.15, 0.2) is 59.4 Å². The number of nitrogens with two attached hydrogens (primary N) is 1. The minimum Gasteiger partial charge on any atom is -0.508 e. The quantitative estimate of drug-likeness (QED) is 0.319. The van der Waals surface area contributed by atoms with Gasteiger partial charge in [-0.25, -0.2) is 0 Å². The summed E-state index contributed by atoms with van der Waals surface area (Å²) in [6.45, 7) is 4.68. The Morgan fingerprint density at radius 3 is 2.60 bits per heavy atom. The summed E-state index contributed by atoms with van der Waals surface area (Å²) in [5, 5.41) is 25.5. The van der Waals surface area contributed by atoms with Crippen LogP contribution in [0.25, 0.3) is 0 Å². The predicted octanol–water partition coefficient (Wildman–Crippen LogP) is 1.71. The second-order valence-corrected chi connectivity index (χ2v) is 11.4. The molecule has 2 amide bonds. The number of aromatic hydroxyl groups is 1. The molecular weight excluding hydrogens is 508 g/mol. The summed E-state index contributed by atoms with van der Waals surface area (Å²) in [6, 6.07) is 14.7.